The molecule has 0 aliphatic heterocycles. The van der Waals surface area contributed by atoms with Crippen LogP contribution in [-0.4, -0.2) is 6.03 Å². The predicted octanol–water partition coefficient (Wildman–Crippen LogP) is 8.69. The van der Waals surface area contributed by atoms with E-state index < -0.39 is 36.7 Å². The lowest BCUT2D eigenvalue weighted by Crippen LogP contribution is -2.24. The molecule has 11 heteroatoms. The molecule has 2 N–H and O–H groups in total. The van der Waals surface area contributed by atoms with E-state index in [1.807, 2.05) is 91.0 Å². The maximum atomic E-state index is 13.8. The summed E-state index contributed by atoms with van der Waals surface area (Å²) < 4.78 is 89.3. The molecule has 0 aliphatic rings. The second-order valence-electron chi connectivity index (χ2n) is 9.35. The van der Waals surface area contributed by atoms with Crippen LogP contribution in [0, 0.1) is 0 Å². The first kappa shape index (κ1) is 32.1. The van der Waals surface area contributed by atoms with Crippen molar-refractivity contribution in [2.75, 3.05) is 10.6 Å². The highest BCUT2D eigenvalue weighted by atomic mass is 31.2. The smallest absolute Gasteiger partial charge is 0.309 e. The summed E-state index contributed by atoms with van der Waals surface area (Å²) in [6.45, 7) is 0. The van der Waals surface area contributed by atoms with Crippen molar-refractivity contribution in [3.05, 3.63) is 151 Å². The molecule has 5 aromatic carbocycles. The molecule has 0 heterocycles. The van der Waals surface area contributed by atoms with Crippen molar-refractivity contribution in [1.29, 1.82) is 0 Å². The lowest BCUT2D eigenvalue weighted by molar-refractivity contribution is -0.138. The van der Waals surface area contributed by atoms with Crippen molar-refractivity contribution in [3.8, 4) is 0 Å². The fraction of sp³-hybridized carbons (Fsp3) is 0.0606. The Bertz CT molecular complexity index is 1560. The van der Waals surface area contributed by atoms with Gasteiger partial charge in [0.25, 0.3) is 0 Å². The van der Waals surface area contributed by atoms with E-state index in [4.69, 9.17) is 0 Å². The Hall–Kier alpha value is -4.82. The van der Waals surface area contributed by atoms with Gasteiger partial charge < -0.3 is 15.2 Å². The number of amides is 2. The molecule has 0 bridgehead atoms. The Morgan fingerprint density at radius 1 is 0.477 bits per heavy atom. The number of halogens is 6. The third-order valence-electron chi connectivity index (χ3n) is 6.25. The van der Waals surface area contributed by atoms with Crippen LogP contribution in [0.4, 0.5) is 42.5 Å². The number of alkyl halides is 6. The van der Waals surface area contributed by atoms with Gasteiger partial charge in [0, 0.05) is 27.3 Å². The number of rotatable bonds is 5. The molecule has 0 radical (unpaired) electrons. The van der Waals surface area contributed by atoms with Crippen LogP contribution in [0.1, 0.15) is 11.1 Å². The maximum Gasteiger partial charge on any atom is 0.416 e. The summed E-state index contributed by atoms with van der Waals surface area (Å²) in [4.78, 5) is 11.7. The molecule has 0 spiro atoms. The van der Waals surface area contributed by atoms with Gasteiger partial charge in [-0.3, -0.25) is 0 Å². The maximum absolute atomic E-state index is 13.8. The first-order valence-electron chi connectivity index (χ1n) is 13.1. The fourth-order valence-corrected chi connectivity index (χ4v) is 6.87. The topological polar surface area (TPSA) is 58.2 Å². The van der Waals surface area contributed by atoms with Gasteiger partial charge in [-0.15, -0.1) is 0 Å². The Labute approximate surface area is 249 Å². The summed E-state index contributed by atoms with van der Waals surface area (Å²) in [7, 11) is -2.78. The Morgan fingerprint density at radius 2 is 0.795 bits per heavy atom. The van der Waals surface area contributed by atoms with Crippen molar-refractivity contribution in [3.63, 3.8) is 0 Å². The van der Waals surface area contributed by atoms with Gasteiger partial charge in [0.15, 0.2) is 7.14 Å². The Kier molecular flexibility index (Phi) is 9.96. The second-order valence-corrected chi connectivity index (χ2v) is 12.1. The molecule has 0 saturated heterocycles. The number of benzene rings is 5. The Morgan fingerprint density at radius 3 is 1.09 bits per heavy atom. The average molecular weight is 627 g/mol. The molecule has 0 saturated carbocycles. The van der Waals surface area contributed by atoms with Gasteiger partial charge in [-0.1, -0.05) is 103 Å². The van der Waals surface area contributed by atoms with Crippen molar-refractivity contribution >= 4 is 40.5 Å². The van der Waals surface area contributed by atoms with E-state index in [0.717, 1.165) is 40.2 Å². The van der Waals surface area contributed by atoms with Gasteiger partial charge >= 0.3 is 18.4 Å². The largest absolute Gasteiger partial charge is 0.416 e. The van der Waals surface area contributed by atoms with Crippen LogP contribution in [0.25, 0.3) is 0 Å². The van der Waals surface area contributed by atoms with E-state index in [9.17, 15) is 35.7 Å². The minimum Gasteiger partial charge on any atom is -0.309 e. The first-order valence-corrected chi connectivity index (χ1v) is 14.8. The summed E-state index contributed by atoms with van der Waals surface area (Å²) in [5.74, 6) is 0. The zero-order valence-corrected chi connectivity index (χ0v) is 23.7. The normalized spacial score (nSPS) is 11.6. The quantitative estimate of drug-likeness (QED) is 0.152. The number of carbonyl (C=O) groups is 1. The van der Waals surface area contributed by atoms with Crippen LogP contribution in [0.2, 0.25) is 0 Å². The molecule has 226 valence electrons. The van der Waals surface area contributed by atoms with Crippen LogP contribution < -0.4 is 26.5 Å². The number of nitrogens with one attached hydrogen (secondary N) is 2. The summed E-state index contributed by atoms with van der Waals surface area (Å²) in [6, 6.07) is 35.9. The zero-order chi connectivity index (χ0) is 31.8. The van der Waals surface area contributed by atoms with Crippen molar-refractivity contribution in [2.24, 2.45) is 0 Å². The third-order valence-corrected chi connectivity index (χ3v) is 9.33. The molecule has 0 aliphatic carbocycles. The standard InChI is InChI=1S/C18H15OP.C15H10F6N2O/c19-20(16-10-4-1-5-11-16,17-12-6-2-7-13-17)18-14-8-3-9-15-18;16-14(17,18)9-3-1-5-11(7-9)22-13(24)23-12-6-2-4-10(8-12)15(19,20)21/h1-15H;1-8H,(H2,22,23,24). The summed E-state index contributed by atoms with van der Waals surface area (Å²) in [6.07, 6.45) is -9.15. The van der Waals surface area contributed by atoms with Gasteiger partial charge in [0.1, 0.15) is 0 Å². The Balaban J connectivity index is 0.000000204. The minimum atomic E-state index is -4.57. The number of anilines is 2. The van der Waals surface area contributed by atoms with E-state index in [1.54, 1.807) is 0 Å². The van der Waals surface area contributed by atoms with E-state index in [-0.39, 0.29) is 11.4 Å². The van der Waals surface area contributed by atoms with E-state index in [0.29, 0.717) is 12.1 Å². The van der Waals surface area contributed by atoms with Crippen LogP contribution >= 0.6 is 7.14 Å². The summed E-state index contributed by atoms with van der Waals surface area (Å²) in [5, 5.41) is 6.88. The van der Waals surface area contributed by atoms with Crippen molar-refractivity contribution in [1.82, 2.24) is 0 Å². The predicted molar refractivity (Wildman–Crippen MR) is 161 cm³/mol. The number of hydrogen-bond acceptors (Lipinski definition) is 2. The molecule has 5 aromatic rings. The monoisotopic (exact) mass is 626 g/mol. The van der Waals surface area contributed by atoms with E-state index >= 15 is 0 Å². The van der Waals surface area contributed by atoms with Gasteiger partial charge in [0.05, 0.1) is 11.1 Å². The van der Waals surface area contributed by atoms with Crippen molar-refractivity contribution < 1.29 is 35.7 Å². The van der Waals surface area contributed by atoms with Gasteiger partial charge in [-0.05, 0) is 36.4 Å². The third kappa shape index (κ3) is 8.17. The molecule has 0 aromatic heterocycles. The molecule has 2 amide bonds. The minimum absolute atomic E-state index is 0.144. The molecule has 0 atom stereocenters. The molecule has 5 rings (SSSR count). The number of urea groups is 1. The highest BCUT2D eigenvalue weighted by Gasteiger charge is 2.32. The summed E-state index contributed by atoms with van der Waals surface area (Å²) >= 11 is 0. The fourth-order valence-electron chi connectivity index (χ4n) is 4.20. The van der Waals surface area contributed by atoms with E-state index in [2.05, 4.69) is 10.6 Å². The molecule has 0 fully saturated rings. The van der Waals surface area contributed by atoms with Crippen LogP contribution in [-0.2, 0) is 16.9 Å². The molecular formula is C33H25F6N2O2P. The molecule has 0 unspecified atom stereocenters. The van der Waals surface area contributed by atoms with Gasteiger partial charge in [0.2, 0.25) is 0 Å². The SMILES string of the molecule is O=C(Nc1cccc(C(F)(F)F)c1)Nc1cccc(C(F)(F)F)c1.O=P(c1ccccc1)(c1ccccc1)c1ccccc1. The lowest BCUT2D eigenvalue weighted by Gasteiger charge is -2.19. The zero-order valence-electron chi connectivity index (χ0n) is 22.8. The average Bonchev–Trinajstić information content (AvgIpc) is 3.02. The summed E-state index contributed by atoms with van der Waals surface area (Å²) in [5.41, 5.74) is -2.21. The highest BCUT2D eigenvalue weighted by molar-refractivity contribution is 7.85. The second kappa shape index (κ2) is 13.7. The molecular weight excluding hydrogens is 601 g/mol. The number of carbonyl (C=O) groups excluding carboxylic acids is 1. The first-order chi connectivity index (χ1) is 20.9. The molecule has 44 heavy (non-hydrogen) atoms. The van der Waals surface area contributed by atoms with Crippen LogP contribution in [0.15, 0.2) is 140 Å². The van der Waals surface area contributed by atoms with Crippen LogP contribution in [0.3, 0.4) is 0 Å². The number of hydrogen-bond donors (Lipinski definition) is 2. The molecule has 4 nitrogen and oxygen atoms in total. The van der Waals surface area contributed by atoms with Gasteiger partial charge in [-0.25, -0.2) is 4.79 Å². The van der Waals surface area contributed by atoms with E-state index in [1.165, 1.54) is 12.1 Å². The van der Waals surface area contributed by atoms with Gasteiger partial charge in [-0.2, -0.15) is 26.3 Å². The van der Waals surface area contributed by atoms with Crippen molar-refractivity contribution in [2.45, 2.75) is 12.4 Å². The lowest BCUT2D eigenvalue weighted by atomic mass is 10.2. The highest BCUT2D eigenvalue weighted by Crippen LogP contribution is 2.42. The van der Waals surface area contributed by atoms with Crippen LogP contribution in [0.5, 0.6) is 0 Å².